The van der Waals surface area contributed by atoms with E-state index in [0.717, 1.165) is 10.5 Å². The maximum absolute atomic E-state index is 13.6. The molecule has 3 nitrogen and oxygen atoms in total. The summed E-state index contributed by atoms with van der Waals surface area (Å²) in [5.74, 6) is -2.20. The molecule has 0 unspecified atom stereocenters. The molecule has 0 aliphatic carbocycles. The van der Waals surface area contributed by atoms with Gasteiger partial charge in [-0.25, -0.2) is 8.78 Å². The summed E-state index contributed by atoms with van der Waals surface area (Å²) >= 11 is 6.22. The maximum Gasteiger partial charge on any atom is 0.257 e. The van der Waals surface area contributed by atoms with E-state index >= 15 is 0 Å². The van der Waals surface area contributed by atoms with Gasteiger partial charge in [-0.1, -0.05) is 15.9 Å². The molecule has 2 rings (SSSR count). The molecule has 7 heteroatoms. The quantitative estimate of drug-likeness (QED) is 0.731. The summed E-state index contributed by atoms with van der Waals surface area (Å²) in [4.78, 5) is 12.0. The molecule has 0 aliphatic rings. The van der Waals surface area contributed by atoms with Crippen LogP contribution in [0.25, 0.3) is 0 Å². The van der Waals surface area contributed by atoms with Gasteiger partial charge in [0.15, 0.2) is 5.82 Å². The third-order valence-electron chi connectivity index (χ3n) is 2.50. The molecule has 104 valence electrons. The smallest absolute Gasteiger partial charge is 0.257 e. The van der Waals surface area contributed by atoms with E-state index in [-0.39, 0.29) is 21.4 Å². The van der Waals surface area contributed by atoms with Gasteiger partial charge in [-0.15, -0.1) is 0 Å². The number of anilines is 2. The lowest BCUT2D eigenvalue weighted by Crippen LogP contribution is -2.15. The Hall–Kier alpha value is -1.47. The zero-order chi connectivity index (χ0) is 14.9. The monoisotopic (exact) mass is 404 g/mol. The van der Waals surface area contributed by atoms with Crippen molar-refractivity contribution >= 4 is 49.1 Å². The van der Waals surface area contributed by atoms with Crippen molar-refractivity contribution in [3.8, 4) is 0 Å². The largest absolute Gasteiger partial charge is 0.398 e. The molecule has 0 aromatic heterocycles. The van der Waals surface area contributed by atoms with Gasteiger partial charge in [0.05, 0.1) is 11.3 Å². The van der Waals surface area contributed by atoms with Crippen LogP contribution in [0.1, 0.15) is 10.4 Å². The second-order valence-corrected chi connectivity index (χ2v) is 5.70. The fraction of sp³-hybridized carbons (Fsp3) is 0. The molecule has 0 spiro atoms. The van der Waals surface area contributed by atoms with Crippen molar-refractivity contribution < 1.29 is 13.6 Å². The third kappa shape index (κ3) is 3.16. The van der Waals surface area contributed by atoms with E-state index in [2.05, 4.69) is 37.2 Å². The van der Waals surface area contributed by atoms with Gasteiger partial charge in [0.1, 0.15) is 5.82 Å². The van der Waals surface area contributed by atoms with Crippen LogP contribution in [0, 0.1) is 11.6 Å². The van der Waals surface area contributed by atoms with Crippen LogP contribution in [0.2, 0.25) is 0 Å². The van der Waals surface area contributed by atoms with Crippen molar-refractivity contribution in [2.45, 2.75) is 0 Å². The van der Waals surface area contributed by atoms with E-state index in [1.165, 1.54) is 6.07 Å². The molecule has 2 aromatic rings. The van der Waals surface area contributed by atoms with Gasteiger partial charge in [-0.3, -0.25) is 4.79 Å². The van der Waals surface area contributed by atoms with E-state index in [9.17, 15) is 13.6 Å². The number of halogens is 4. The summed E-state index contributed by atoms with van der Waals surface area (Å²) in [5.41, 5.74) is 6.02. The molecule has 0 saturated heterocycles. The first-order valence-corrected chi connectivity index (χ1v) is 6.98. The fourth-order valence-corrected chi connectivity index (χ4v) is 2.47. The van der Waals surface area contributed by atoms with Crippen LogP contribution in [-0.2, 0) is 0 Å². The molecule has 0 atom stereocenters. The van der Waals surface area contributed by atoms with Crippen LogP contribution in [-0.4, -0.2) is 5.91 Å². The van der Waals surface area contributed by atoms with E-state index < -0.39 is 17.5 Å². The number of nitrogens with two attached hydrogens (primary N) is 1. The highest BCUT2D eigenvalue weighted by Crippen LogP contribution is 2.28. The van der Waals surface area contributed by atoms with Crippen LogP contribution in [0.15, 0.2) is 39.3 Å². The van der Waals surface area contributed by atoms with E-state index in [0.29, 0.717) is 6.07 Å². The topological polar surface area (TPSA) is 55.1 Å². The van der Waals surface area contributed by atoms with Crippen molar-refractivity contribution in [3.63, 3.8) is 0 Å². The van der Waals surface area contributed by atoms with Crippen LogP contribution >= 0.6 is 31.9 Å². The SMILES string of the molecule is Nc1cc(Br)ccc1C(=O)Nc1c(F)cc(F)cc1Br. The lowest BCUT2D eigenvalue weighted by Gasteiger charge is -2.10. The zero-order valence-corrected chi connectivity index (χ0v) is 13.1. The summed E-state index contributed by atoms with van der Waals surface area (Å²) in [6.45, 7) is 0. The predicted octanol–water partition coefficient (Wildman–Crippen LogP) is 4.32. The number of hydrogen-bond acceptors (Lipinski definition) is 2. The lowest BCUT2D eigenvalue weighted by molar-refractivity contribution is 0.102. The van der Waals surface area contributed by atoms with Crippen molar-refractivity contribution in [3.05, 3.63) is 56.5 Å². The Morgan fingerprint density at radius 2 is 1.85 bits per heavy atom. The van der Waals surface area contributed by atoms with E-state index in [4.69, 9.17) is 5.73 Å². The Balaban J connectivity index is 2.33. The average molecular weight is 406 g/mol. The molecule has 1 amide bonds. The molecule has 0 heterocycles. The molecule has 2 aromatic carbocycles. The van der Waals surface area contributed by atoms with Gasteiger partial charge in [-0.05, 0) is 40.2 Å². The van der Waals surface area contributed by atoms with Crippen molar-refractivity contribution in [1.29, 1.82) is 0 Å². The minimum absolute atomic E-state index is 0.110. The second-order valence-electron chi connectivity index (χ2n) is 3.93. The second kappa shape index (κ2) is 5.88. The van der Waals surface area contributed by atoms with Gasteiger partial charge in [0, 0.05) is 20.7 Å². The van der Waals surface area contributed by atoms with Crippen molar-refractivity contribution in [1.82, 2.24) is 0 Å². The first-order chi connectivity index (χ1) is 9.38. The highest BCUT2D eigenvalue weighted by Gasteiger charge is 2.15. The van der Waals surface area contributed by atoms with Gasteiger partial charge in [0.25, 0.3) is 5.91 Å². The summed E-state index contributed by atoms with van der Waals surface area (Å²) in [5, 5.41) is 2.36. The highest BCUT2D eigenvalue weighted by molar-refractivity contribution is 9.10. The van der Waals surface area contributed by atoms with Crippen molar-refractivity contribution in [2.24, 2.45) is 0 Å². The highest BCUT2D eigenvalue weighted by atomic mass is 79.9. The normalized spacial score (nSPS) is 10.4. The number of benzene rings is 2. The number of carbonyl (C=O) groups excluding carboxylic acids is 1. The van der Waals surface area contributed by atoms with E-state index in [1.807, 2.05) is 0 Å². The van der Waals surface area contributed by atoms with Crippen LogP contribution in [0.5, 0.6) is 0 Å². The van der Waals surface area contributed by atoms with Gasteiger partial charge < -0.3 is 11.1 Å². The molecule has 0 aliphatic heterocycles. The molecule has 0 radical (unpaired) electrons. The van der Waals surface area contributed by atoms with Gasteiger partial charge in [0.2, 0.25) is 0 Å². The molecule has 3 N–H and O–H groups in total. The number of amides is 1. The zero-order valence-electron chi connectivity index (χ0n) is 9.88. The summed E-state index contributed by atoms with van der Waals surface area (Å²) in [6.07, 6.45) is 0. The molecular weight excluding hydrogens is 398 g/mol. The predicted molar refractivity (Wildman–Crippen MR) is 80.6 cm³/mol. The summed E-state index contributed by atoms with van der Waals surface area (Å²) in [7, 11) is 0. The first kappa shape index (κ1) is 14.9. The minimum atomic E-state index is -0.874. The number of nitrogen functional groups attached to an aromatic ring is 1. The number of nitrogens with one attached hydrogen (secondary N) is 1. The average Bonchev–Trinajstić information content (AvgIpc) is 2.33. The molecular formula is C13H8Br2F2N2O. The maximum atomic E-state index is 13.6. The Labute approximate surface area is 130 Å². The van der Waals surface area contributed by atoms with E-state index in [1.54, 1.807) is 12.1 Å². The summed E-state index contributed by atoms with van der Waals surface area (Å²) < 4.78 is 27.4. The van der Waals surface area contributed by atoms with Crippen molar-refractivity contribution in [2.75, 3.05) is 11.1 Å². The molecule has 0 fully saturated rings. The minimum Gasteiger partial charge on any atom is -0.398 e. The summed E-state index contributed by atoms with van der Waals surface area (Å²) in [6, 6.07) is 6.45. The molecule has 0 bridgehead atoms. The standard InChI is InChI=1S/C13H8Br2F2N2O/c14-6-1-2-8(11(18)3-6)13(20)19-12-9(15)4-7(16)5-10(12)17/h1-5H,18H2,(H,19,20). The fourth-order valence-electron chi connectivity index (χ4n) is 1.58. The Morgan fingerprint density at radius 1 is 1.15 bits per heavy atom. The first-order valence-electron chi connectivity index (χ1n) is 5.39. The Kier molecular flexibility index (Phi) is 4.39. The molecule has 0 saturated carbocycles. The lowest BCUT2D eigenvalue weighted by atomic mass is 10.1. The van der Waals surface area contributed by atoms with Crippen LogP contribution < -0.4 is 11.1 Å². The number of carbonyl (C=O) groups is 1. The molecule has 20 heavy (non-hydrogen) atoms. The number of hydrogen-bond donors (Lipinski definition) is 2. The van der Waals surface area contributed by atoms with Gasteiger partial charge >= 0.3 is 0 Å². The third-order valence-corrected chi connectivity index (χ3v) is 3.62. The Bertz CT molecular complexity index is 669. The van der Waals surface area contributed by atoms with Gasteiger partial charge in [-0.2, -0.15) is 0 Å². The Morgan fingerprint density at radius 3 is 2.45 bits per heavy atom. The number of rotatable bonds is 2. The van der Waals surface area contributed by atoms with Crippen LogP contribution in [0.3, 0.4) is 0 Å². The van der Waals surface area contributed by atoms with Crippen LogP contribution in [0.4, 0.5) is 20.2 Å².